The average Bonchev–Trinajstić information content (AvgIpc) is 3.63. The highest BCUT2D eigenvalue weighted by atomic mass is 19.4. The number of ether oxygens (including phenoxy) is 2. The number of methoxy groups -OCH3 is 1. The summed E-state index contributed by atoms with van der Waals surface area (Å²) in [6.07, 6.45) is 2.84. The monoisotopic (exact) mass is 551 g/mol. The van der Waals surface area contributed by atoms with E-state index < -0.39 is 11.9 Å². The van der Waals surface area contributed by atoms with E-state index >= 15 is 0 Å². The Kier molecular flexibility index (Phi) is 6.52. The molecule has 0 unspecified atom stereocenters. The Bertz CT molecular complexity index is 1560. The van der Waals surface area contributed by atoms with E-state index in [4.69, 9.17) is 9.47 Å². The number of halogens is 3. The first-order valence-corrected chi connectivity index (χ1v) is 13.1. The van der Waals surface area contributed by atoms with Crippen LogP contribution in [0.3, 0.4) is 0 Å². The van der Waals surface area contributed by atoms with E-state index in [2.05, 4.69) is 10.1 Å². The molecule has 0 N–H and O–H groups in total. The van der Waals surface area contributed by atoms with E-state index in [0.29, 0.717) is 72.8 Å². The molecule has 0 aliphatic carbocycles. The van der Waals surface area contributed by atoms with Crippen molar-refractivity contribution in [2.75, 3.05) is 20.3 Å². The second-order valence-corrected chi connectivity index (χ2v) is 9.95. The summed E-state index contributed by atoms with van der Waals surface area (Å²) in [7, 11) is 1.59. The van der Waals surface area contributed by atoms with E-state index in [9.17, 15) is 18.0 Å². The number of rotatable bonds is 6. The smallest absolute Gasteiger partial charge is 0.435 e. The number of imidazole rings is 1. The fourth-order valence-electron chi connectivity index (χ4n) is 5.70. The van der Waals surface area contributed by atoms with Gasteiger partial charge in [0.15, 0.2) is 5.69 Å². The van der Waals surface area contributed by atoms with Crippen molar-refractivity contribution in [2.45, 2.75) is 45.1 Å². The summed E-state index contributed by atoms with van der Waals surface area (Å²) in [4.78, 5) is 20.0. The summed E-state index contributed by atoms with van der Waals surface area (Å²) in [5, 5.41) is 3.83. The van der Waals surface area contributed by atoms with Crippen molar-refractivity contribution >= 4 is 5.91 Å². The van der Waals surface area contributed by atoms with Gasteiger partial charge in [-0.05, 0) is 60.4 Å². The predicted octanol–water partition coefficient (Wildman–Crippen LogP) is 5.36. The summed E-state index contributed by atoms with van der Waals surface area (Å²) in [5.41, 5.74) is 2.01. The summed E-state index contributed by atoms with van der Waals surface area (Å²) in [6.45, 7) is 3.21. The molecule has 2 aliphatic heterocycles. The molecule has 1 amide bonds. The Morgan fingerprint density at radius 2 is 1.98 bits per heavy atom. The molecule has 4 aromatic rings. The Morgan fingerprint density at radius 1 is 1.15 bits per heavy atom. The second-order valence-electron chi connectivity index (χ2n) is 9.95. The lowest BCUT2D eigenvalue weighted by Crippen LogP contribution is -2.42. The molecule has 11 heteroatoms. The first-order chi connectivity index (χ1) is 19.3. The standard InChI is InChI=1S/C29H28F3N5O3/c1-3-36-16-24(27(34-36)29(30,31)32)21-12-18(15-35-10-8-33-17-35)13-22-20(21)6-9-37(28(22)38)25-7-11-40-26-5-4-19(39-2)14-23(25)26/h4-5,8,10,12-14,16-17,25H,3,6-7,9,11,15H2,1-2H3/t25-/m0/s1. The molecule has 2 aromatic carbocycles. The second kappa shape index (κ2) is 10.0. The molecule has 1 atom stereocenters. The molecule has 4 heterocycles. The lowest BCUT2D eigenvalue weighted by molar-refractivity contribution is -0.141. The predicted molar refractivity (Wildman–Crippen MR) is 140 cm³/mol. The fourth-order valence-corrected chi connectivity index (χ4v) is 5.70. The number of fused-ring (bicyclic) bond motifs is 2. The van der Waals surface area contributed by atoms with Gasteiger partial charge >= 0.3 is 6.18 Å². The molecule has 40 heavy (non-hydrogen) atoms. The molecule has 2 aromatic heterocycles. The van der Waals surface area contributed by atoms with Crippen LogP contribution in [0.15, 0.2) is 55.2 Å². The van der Waals surface area contributed by atoms with Gasteiger partial charge < -0.3 is 18.9 Å². The van der Waals surface area contributed by atoms with Crippen molar-refractivity contribution in [1.29, 1.82) is 0 Å². The van der Waals surface area contributed by atoms with E-state index in [0.717, 1.165) is 5.56 Å². The molecule has 0 bridgehead atoms. The third kappa shape index (κ3) is 4.59. The minimum absolute atomic E-state index is 0.0134. The highest BCUT2D eigenvalue weighted by Crippen LogP contribution is 2.43. The van der Waals surface area contributed by atoms with Crippen LogP contribution < -0.4 is 9.47 Å². The van der Waals surface area contributed by atoms with Crippen LogP contribution in [0.25, 0.3) is 11.1 Å². The van der Waals surface area contributed by atoms with Crippen LogP contribution >= 0.6 is 0 Å². The van der Waals surface area contributed by atoms with Gasteiger partial charge in [-0.25, -0.2) is 4.98 Å². The maximum atomic E-state index is 14.2. The average molecular weight is 552 g/mol. The molecule has 2 aliphatic rings. The van der Waals surface area contributed by atoms with Crippen molar-refractivity contribution in [1.82, 2.24) is 24.2 Å². The van der Waals surface area contributed by atoms with Gasteiger partial charge in [0.2, 0.25) is 0 Å². The Hall–Kier alpha value is -4.28. The minimum Gasteiger partial charge on any atom is -0.497 e. The molecule has 0 fully saturated rings. The van der Waals surface area contributed by atoms with E-state index in [1.54, 1.807) is 44.9 Å². The number of carbonyl (C=O) groups excluding carboxylic acids is 1. The zero-order chi connectivity index (χ0) is 28.0. The molecular weight excluding hydrogens is 523 g/mol. The first-order valence-electron chi connectivity index (χ1n) is 13.1. The largest absolute Gasteiger partial charge is 0.497 e. The van der Waals surface area contributed by atoms with Crippen LogP contribution in [0, 0.1) is 0 Å². The van der Waals surface area contributed by atoms with Crippen LogP contribution in [-0.2, 0) is 25.7 Å². The molecule has 8 nitrogen and oxygen atoms in total. The minimum atomic E-state index is -4.64. The first kappa shape index (κ1) is 26.0. The van der Waals surface area contributed by atoms with Crippen LogP contribution in [0.1, 0.15) is 52.1 Å². The van der Waals surface area contributed by atoms with Crippen molar-refractivity contribution < 1.29 is 27.4 Å². The van der Waals surface area contributed by atoms with Crippen LogP contribution in [-0.4, -0.2) is 50.4 Å². The molecule has 0 radical (unpaired) electrons. The number of hydrogen-bond acceptors (Lipinski definition) is 5. The number of hydrogen-bond donors (Lipinski definition) is 0. The number of amides is 1. The lowest BCUT2D eigenvalue weighted by atomic mass is 9.86. The number of aromatic nitrogens is 4. The quantitative estimate of drug-likeness (QED) is 0.323. The summed E-state index contributed by atoms with van der Waals surface area (Å²) in [6, 6.07) is 8.86. The lowest BCUT2D eigenvalue weighted by Gasteiger charge is -2.39. The van der Waals surface area contributed by atoms with Gasteiger partial charge in [0.05, 0.1) is 26.1 Å². The van der Waals surface area contributed by atoms with Gasteiger partial charge in [-0.15, -0.1) is 0 Å². The molecule has 208 valence electrons. The Labute approximate surface area is 228 Å². The van der Waals surface area contributed by atoms with Crippen molar-refractivity contribution in [3.05, 3.63) is 83.2 Å². The third-order valence-corrected chi connectivity index (χ3v) is 7.57. The maximum absolute atomic E-state index is 14.2. The van der Waals surface area contributed by atoms with Gasteiger partial charge in [-0.1, -0.05) is 0 Å². The van der Waals surface area contributed by atoms with Gasteiger partial charge in [0.1, 0.15) is 11.5 Å². The van der Waals surface area contributed by atoms with Crippen molar-refractivity contribution in [3.8, 4) is 22.6 Å². The number of benzene rings is 2. The number of aryl methyl sites for hydroxylation is 1. The number of nitrogens with zero attached hydrogens (tertiary/aromatic N) is 5. The topological polar surface area (TPSA) is 74.4 Å². The van der Waals surface area contributed by atoms with Gasteiger partial charge in [-0.3, -0.25) is 9.48 Å². The van der Waals surface area contributed by atoms with Crippen LogP contribution in [0.5, 0.6) is 11.5 Å². The summed E-state index contributed by atoms with van der Waals surface area (Å²) < 4.78 is 56.7. The molecule has 0 saturated heterocycles. The summed E-state index contributed by atoms with van der Waals surface area (Å²) >= 11 is 0. The van der Waals surface area contributed by atoms with Crippen LogP contribution in [0.2, 0.25) is 0 Å². The van der Waals surface area contributed by atoms with Gasteiger partial charge in [0, 0.05) is 61.3 Å². The zero-order valence-corrected chi connectivity index (χ0v) is 22.1. The van der Waals surface area contributed by atoms with E-state index in [1.165, 1.54) is 10.9 Å². The number of alkyl halides is 3. The number of carbonyl (C=O) groups is 1. The van der Waals surface area contributed by atoms with Crippen molar-refractivity contribution in [2.24, 2.45) is 0 Å². The van der Waals surface area contributed by atoms with E-state index in [1.807, 2.05) is 27.7 Å². The van der Waals surface area contributed by atoms with Gasteiger partial charge in [0.25, 0.3) is 5.91 Å². The highest BCUT2D eigenvalue weighted by molar-refractivity contribution is 5.99. The molecule has 0 saturated carbocycles. The zero-order valence-electron chi connectivity index (χ0n) is 22.1. The fraction of sp³-hybridized carbons (Fsp3) is 0.345. The summed E-state index contributed by atoms with van der Waals surface area (Å²) in [5.74, 6) is 1.15. The van der Waals surface area contributed by atoms with E-state index in [-0.39, 0.29) is 17.5 Å². The maximum Gasteiger partial charge on any atom is 0.435 e. The molecule has 6 rings (SSSR count). The Balaban J connectivity index is 1.47. The molecular formula is C29H28F3N5O3. The molecule has 0 spiro atoms. The third-order valence-electron chi connectivity index (χ3n) is 7.57. The normalized spacial score (nSPS) is 16.9. The van der Waals surface area contributed by atoms with Crippen molar-refractivity contribution in [3.63, 3.8) is 0 Å². The Morgan fingerprint density at radius 3 is 2.70 bits per heavy atom. The van der Waals surface area contributed by atoms with Gasteiger partial charge in [-0.2, -0.15) is 18.3 Å². The SMILES string of the molecule is CCn1cc(-c2cc(Cn3ccnc3)cc3c2CCN([C@H]2CCOc4ccc(OC)cc42)C3=O)c(C(F)(F)F)n1. The van der Waals surface area contributed by atoms with Crippen LogP contribution in [0.4, 0.5) is 13.2 Å². The highest BCUT2D eigenvalue weighted by Gasteiger charge is 2.40.